The molecule has 2 aliphatic heterocycles. The fourth-order valence-electron chi connectivity index (χ4n) is 7.29. The van der Waals surface area contributed by atoms with Gasteiger partial charge in [-0.25, -0.2) is 4.58 Å². The van der Waals surface area contributed by atoms with Gasteiger partial charge in [0.1, 0.15) is 18.8 Å². The highest BCUT2D eigenvalue weighted by Crippen LogP contribution is 2.51. The van der Waals surface area contributed by atoms with E-state index < -0.39 is 41.7 Å². The van der Waals surface area contributed by atoms with Gasteiger partial charge in [0.05, 0.1) is 108 Å². The molecule has 0 amide bonds. The van der Waals surface area contributed by atoms with Crippen molar-refractivity contribution in [3.63, 3.8) is 0 Å². The van der Waals surface area contributed by atoms with Crippen LogP contribution in [-0.2, 0) is 68.4 Å². The second-order valence-corrected chi connectivity index (χ2v) is 19.9. The largest absolute Gasteiger partial charge is 0.481 e. The molecule has 1 aromatic rings. The van der Waals surface area contributed by atoms with Crippen LogP contribution in [0.2, 0.25) is 0 Å². The van der Waals surface area contributed by atoms with Crippen molar-refractivity contribution < 1.29 is 76.5 Å². The van der Waals surface area contributed by atoms with Crippen molar-refractivity contribution in [1.29, 1.82) is 0 Å². The van der Waals surface area contributed by atoms with E-state index in [0.717, 1.165) is 29.3 Å². The number of ether oxygens (including phenoxy) is 5. The Balaban J connectivity index is 1.49. The number of fused-ring (bicyclic) bond motifs is 2. The summed E-state index contributed by atoms with van der Waals surface area (Å²) in [6.07, 6.45) is 7.81. The van der Waals surface area contributed by atoms with Gasteiger partial charge in [-0.3, -0.25) is 18.1 Å². The number of carbonyl (C=O) groups is 1. The molecule has 4 rings (SSSR count). The van der Waals surface area contributed by atoms with Crippen LogP contribution in [0.5, 0.6) is 0 Å². The monoisotopic (exact) mass is 973 g/mol. The van der Waals surface area contributed by atoms with E-state index in [-0.39, 0.29) is 61.9 Å². The quantitative estimate of drug-likeness (QED) is 0.0360. The molecule has 0 saturated carbocycles. The molecule has 1 unspecified atom stereocenters. The van der Waals surface area contributed by atoms with Gasteiger partial charge < -0.3 is 38.1 Å². The smallest absolute Gasteiger partial charge is 0.305 e. The van der Waals surface area contributed by atoms with Gasteiger partial charge in [0, 0.05) is 41.4 Å². The van der Waals surface area contributed by atoms with Gasteiger partial charge in [0.15, 0.2) is 0 Å². The minimum Gasteiger partial charge on any atom is -0.481 e. The van der Waals surface area contributed by atoms with Crippen molar-refractivity contribution in [2.75, 3.05) is 109 Å². The van der Waals surface area contributed by atoms with Crippen molar-refractivity contribution >= 4 is 48.1 Å². The summed E-state index contributed by atoms with van der Waals surface area (Å²) in [5.41, 5.74) is 2.64. The van der Waals surface area contributed by atoms with Gasteiger partial charge in [-0.05, 0) is 74.2 Å². The molecule has 1 aliphatic carbocycles. The lowest BCUT2D eigenvalue weighted by Crippen LogP contribution is -2.31. The van der Waals surface area contributed by atoms with E-state index >= 15 is 0 Å². The Bertz CT molecular complexity index is 2450. The summed E-state index contributed by atoms with van der Waals surface area (Å²) < 4.78 is 131. The molecule has 0 saturated heterocycles. The third-order valence-corrected chi connectivity index (χ3v) is 13.5. The maximum Gasteiger partial charge on any atom is 0.305 e. The lowest BCUT2D eigenvalue weighted by Gasteiger charge is -2.30. The van der Waals surface area contributed by atoms with Gasteiger partial charge in [0.25, 0.3) is 30.4 Å². The molecule has 0 radical (unpaired) electrons. The van der Waals surface area contributed by atoms with Crippen molar-refractivity contribution in [2.45, 2.75) is 49.8 Å². The number of benzene rings is 2. The SMILES string of the molecule is CC[N+](CCCS(=O)(=O)O)=c1ccc2c(C=CC=C3N(CCOCCOCCOCCOCCOCCC(=O)O)c4ccc(S(=O)(=O)O)cc4C3(C)CCCS(=O)(=O)OC)ccoc-2c1. The van der Waals surface area contributed by atoms with Crippen LogP contribution in [0.25, 0.3) is 17.4 Å². The first kappa shape index (κ1) is 53.5. The number of anilines is 1. The van der Waals surface area contributed by atoms with Crippen molar-refractivity contribution in [1.82, 2.24) is 4.58 Å². The van der Waals surface area contributed by atoms with E-state index in [1.54, 1.807) is 18.4 Å². The molecule has 65 heavy (non-hydrogen) atoms. The zero-order valence-corrected chi connectivity index (χ0v) is 39.4. The van der Waals surface area contributed by atoms with Crippen LogP contribution in [0.3, 0.4) is 0 Å². The van der Waals surface area contributed by atoms with E-state index in [1.807, 2.05) is 59.8 Å². The van der Waals surface area contributed by atoms with E-state index in [9.17, 15) is 34.6 Å². The molecule has 362 valence electrons. The number of nitrogens with zero attached hydrogens (tertiary/aromatic N) is 2. The molecule has 0 aromatic heterocycles. The van der Waals surface area contributed by atoms with E-state index in [2.05, 4.69) is 0 Å². The molecule has 2 heterocycles. The molecule has 3 aliphatic rings. The summed E-state index contributed by atoms with van der Waals surface area (Å²) in [6, 6.07) is 11.8. The number of rotatable bonds is 31. The predicted molar refractivity (Wildman–Crippen MR) is 241 cm³/mol. The van der Waals surface area contributed by atoms with Gasteiger partial charge >= 0.3 is 5.97 Å². The summed E-state index contributed by atoms with van der Waals surface area (Å²) in [6.45, 7) is 8.10. The minimum atomic E-state index is -4.59. The van der Waals surface area contributed by atoms with Gasteiger partial charge in [-0.2, -0.15) is 25.3 Å². The Morgan fingerprint density at radius 1 is 0.815 bits per heavy atom. The highest BCUT2D eigenvalue weighted by atomic mass is 32.2. The zero-order valence-electron chi connectivity index (χ0n) is 37.0. The van der Waals surface area contributed by atoms with Crippen molar-refractivity contribution in [3.05, 3.63) is 83.1 Å². The lowest BCUT2D eigenvalue weighted by molar-refractivity contribution is -0.138. The molecule has 19 nitrogen and oxygen atoms in total. The number of allylic oxidation sites excluding steroid dienone is 3. The van der Waals surface area contributed by atoms with Crippen LogP contribution in [0.4, 0.5) is 5.69 Å². The van der Waals surface area contributed by atoms with Crippen molar-refractivity contribution in [3.8, 4) is 11.3 Å². The number of aliphatic carboxylic acids is 1. The Hall–Kier alpha value is -4.07. The average molecular weight is 974 g/mol. The van der Waals surface area contributed by atoms with E-state index in [1.165, 1.54) is 12.1 Å². The minimum absolute atomic E-state index is 0.0579. The Morgan fingerprint density at radius 3 is 2.03 bits per heavy atom. The van der Waals surface area contributed by atoms with Crippen molar-refractivity contribution in [2.24, 2.45) is 0 Å². The molecule has 0 bridgehead atoms. The molecule has 1 aromatic carbocycles. The normalized spacial score (nSPS) is 16.8. The third kappa shape index (κ3) is 17.3. The van der Waals surface area contributed by atoms with Gasteiger partial charge in [-0.15, -0.1) is 0 Å². The summed E-state index contributed by atoms with van der Waals surface area (Å²) in [5.74, 6) is -0.963. The zero-order chi connectivity index (χ0) is 47.5. The van der Waals surface area contributed by atoms with Crippen LogP contribution in [-0.4, -0.2) is 150 Å². The van der Waals surface area contributed by atoms with E-state index in [0.29, 0.717) is 82.9 Å². The van der Waals surface area contributed by atoms with E-state index in [4.69, 9.17) is 41.9 Å². The molecule has 3 N–H and O–H groups in total. The number of carboxylic acid groups (broad SMARTS) is 1. The second kappa shape index (κ2) is 25.7. The topological polar surface area (TPSA) is 255 Å². The Morgan fingerprint density at radius 2 is 1.45 bits per heavy atom. The number of carboxylic acids is 1. The molecule has 0 spiro atoms. The van der Waals surface area contributed by atoms with Crippen LogP contribution in [0, 0.1) is 0 Å². The third-order valence-electron chi connectivity index (χ3n) is 10.6. The molecule has 22 heteroatoms. The first-order valence-corrected chi connectivity index (χ1v) is 25.7. The molecular formula is C43H61N2O17S3+. The second-order valence-electron chi connectivity index (χ2n) is 15.1. The van der Waals surface area contributed by atoms with Crippen LogP contribution >= 0.6 is 0 Å². The average Bonchev–Trinajstić information content (AvgIpc) is 3.48. The number of hydrogen-bond acceptors (Lipinski definition) is 15. The summed E-state index contributed by atoms with van der Waals surface area (Å²) in [5, 5.41) is 9.42. The fourth-order valence-corrected chi connectivity index (χ4v) is 8.95. The first-order valence-electron chi connectivity index (χ1n) is 21.1. The maximum atomic E-state index is 12.4. The fraction of sp³-hybridized carbons (Fsp3) is 0.535. The van der Waals surface area contributed by atoms with Gasteiger partial charge in [-0.1, -0.05) is 12.2 Å². The predicted octanol–water partition coefficient (Wildman–Crippen LogP) is 3.69. The van der Waals surface area contributed by atoms with Crippen LogP contribution in [0.1, 0.15) is 50.7 Å². The summed E-state index contributed by atoms with van der Waals surface area (Å²) >= 11 is 0. The lowest BCUT2D eigenvalue weighted by atomic mass is 9.77. The molecule has 1 atom stereocenters. The maximum absolute atomic E-state index is 12.4. The Labute approximate surface area is 381 Å². The highest BCUT2D eigenvalue weighted by molar-refractivity contribution is 7.86. The summed E-state index contributed by atoms with van der Waals surface area (Å²) in [7, 11) is -11.4. The van der Waals surface area contributed by atoms with Crippen LogP contribution in [0.15, 0.2) is 75.9 Å². The van der Waals surface area contributed by atoms with Gasteiger partial charge in [0.2, 0.25) is 5.36 Å². The first-order chi connectivity index (χ1) is 30.9. The summed E-state index contributed by atoms with van der Waals surface area (Å²) in [4.78, 5) is 12.2. The van der Waals surface area contributed by atoms with Crippen LogP contribution < -0.4 is 14.8 Å². The highest BCUT2D eigenvalue weighted by Gasteiger charge is 2.44. The molecular weight excluding hydrogens is 913 g/mol. The number of hydrogen-bond donors (Lipinski definition) is 3. The standard InChI is InChI=1S/C43H60N2O17S3/c1-4-44(17-7-30-63(48,49)50)35-10-12-37-34(14-20-62-40(37)32-35)8-5-9-41-43(2,16-6-31-64(51,52)56-3)38-33-36(65(53,54)55)11-13-39(38)45(41)18-21-58-23-25-60-27-29-61-28-26-59-24-22-57-19-15-42(46)47/h5,8-14,20,32-33H,4,6-7,15-19,21-31H2,1-3H3,(H2-,46,47,48,49,50,53,54,55)/p+1. The Kier molecular flexibility index (Phi) is 21.2. The molecule has 0 fully saturated rings.